The Hall–Kier alpha value is -1.46. The number of hydrogen-bond acceptors (Lipinski definition) is 3. The Balaban J connectivity index is 2.12. The van der Waals surface area contributed by atoms with Gasteiger partial charge in [0, 0.05) is 25.8 Å². The summed E-state index contributed by atoms with van der Waals surface area (Å²) in [4.78, 5) is 2.27. The van der Waals surface area contributed by atoms with Gasteiger partial charge in [0.15, 0.2) is 0 Å². The Bertz CT molecular complexity index is 492. The van der Waals surface area contributed by atoms with Crippen LogP contribution in [-0.2, 0) is 11.3 Å². The quantitative estimate of drug-likeness (QED) is 0.654. The van der Waals surface area contributed by atoms with Crippen LogP contribution in [0.5, 0.6) is 0 Å². The molecule has 1 aromatic carbocycles. The van der Waals surface area contributed by atoms with Crippen molar-refractivity contribution in [3.8, 4) is 0 Å². The zero-order valence-electron chi connectivity index (χ0n) is 12.0. The molecular weight excluding hydrogens is 257 g/mol. The fourth-order valence-corrected chi connectivity index (χ4v) is 2.73. The number of amidine groups is 1. The number of likely N-dealkylation sites (tertiary alicyclic amines) is 1. The summed E-state index contributed by atoms with van der Waals surface area (Å²) in [6.45, 7) is 4.70. The van der Waals surface area contributed by atoms with Crippen molar-refractivity contribution >= 4 is 5.84 Å². The fraction of sp³-hybridized carbons (Fsp3) is 0.533. The molecule has 4 nitrogen and oxygen atoms in total. The van der Waals surface area contributed by atoms with Crippen LogP contribution in [0.15, 0.2) is 18.2 Å². The lowest BCUT2D eigenvalue weighted by molar-refractivity contribution is -0.00746. The smallest absolute Gasteiger partial charge is 0.123 e. The third kappa shape index (κ3) is 3.35. The number of nitrogens with two attached hydrogens (primary N) is 1. The van der Waals surface area contributed by atoms with Crippen LogP contribution >= 0.6 is 0 Å². The van der Waals surface area contributed by atoms with Crippen LogP contribution in [0.3, 0.4) is 0 Å². The molecular formula is C15H22FN3O. The van der Waals surface area contributed by atoms with E-state index < -0.39 is 0 Å². The van der Waals surface area contributed by atoms with E-state index in [1.165, 1.54) is 12.1 Å². The molecule has 1 heterocycles. The van der Waals surface area contributed by atoms with Gasteiger partial charge in [-0.05, 0) is 36.6 Å². The molecule has 0 amide bonds. The summed E-state index contributed by atoms with van der Waals surface area (Å²) in [7, 11) is 1.74. The molecule has 20 heavy (non-hydrogen) atoms. The largest absolute Gasteiger partial charge is 0.384 e. The fourth-order valence-electron chi connectivity index (χ4n) is 2.73. The third-order valence-corrected chi connectivity index (χ3v) is 4.03. The summed E-state index contributed by atoms with van der Waals surface area (Å²) >= 11 is 0. The second kappa shape index (κ2) is 6.33. The summed E-state index contributed by atoms with van der Waals surface area (Å²) in [6.07, 6.45) is 1.31. The van der Waals surface area contributed by atoms with Gasteiger partial charge in [0.2, 0.25) is 0 Å². The molecule has 0 aromatic heterocycles. The van der Waals surface area contributed by atoms with Gasteiger partial charge in [0.1, 0.15) is 11.7 Å². The summed E-state index contributed by atoms with van der Waals surface area (Å²) < 4.78 is 18.8. The molecule has 1 aliphatic rings. The van der Waals surface area contributed by atoms with Gasteiger partial charge in [0.25, 0.3) is 0 Å². The van der Waals surface area contributed by atoms with E-state index in [2.05, 4.69) is 11.8 Å². The summed E-state index contributed by atoms with van der Waals surface area (Å²) in [5.74, 6) is 0.103. The van der Waals surface area contributed by atoms with E-state index in [1.54, 1.807) is 13.2 Å². The highest BCUT2D eigenvalue weighted by Gasteiger charge is 2.26. The molecule has 0 bridgehead atoms. The average Bonchev–Trinajstić information content (AvgIpc) is 2.42. The van der Waals surface area contributed by atoms with Gasteiger partial charge in [0.05, 0.1) is 6.10 Å². The van der Waals surface area contributed by atoms with E-state index in [0.717, 1.165) is 25.1 Å². The van der Waals surface area contributed by atoms with Crippen LogP contribution in [0.4, 0.5) is 4.39 Å². The number of nitrogens with one attached hydrogen (secondary N) is 1. The second-order valence-corrected chi connectivity index (χ2v) is 5.49. The molecule has 0 aliphatic carbocycles. The van der Waals surface area contributed by atoms with E-state index in [0.29, 0.717) is 18.0 Å². The normalized spacial score (nSPS) is 23.8. The minimum Gasteiger partial charge on any atom is -0.384 e. The number of nitrogens with zero attached hydrogens (tertiary/aromatic N) is 1. The Morgan fingerprint density at radius 3 is 2.95 bits per heavy atom. The van der Waals surface area contributed by atoms with Gasteiger partial charge < -0.3 is 10.5 Å². The Morgan fingerprint density at radius 2 is 2.30 bits per heavy atom. The predicted octanol–water partition coefficient (Wildman–Crippen LogP) is 1.97. The minimum atomic E-state index is -0.360. The lowest BCUT2D eigenvalue weighted by Crippen LogP contribution is -2.43. The zero-order valence-corrected chi connectivity index (χ0v) is 12.0. The van der Waals surface area contributed by atoms with Gasteiger partial charge in [-0.3, -0.25) is 10.3 Å². The highest BCUT2D eigenvalue weighted by Crippen LogP contribution is 2.22. The molecule has 1 fully saturated rings. The number of piperidine rings is 1. The number of rotatable bonds is 4. The second-order valence-electron chi connectivity index (χ2n) is 5.49. The van der Waals surface area contributed by atoms with Crippen LogP contribution in [0.25, 0.3) is 0 Å². The van der Waals surface area contributed by atoms with Crippen molar-refractivity contribution in [3.05, 3.63) is 35.1 Å². The minimum absolute atomic E-state index is 0.0897. The molecule has 1 saturated heterocycles. The predicted molar refractivity (Wildman–Crippen MR) is 77.3 cm³/mol. The number of benzene rings is 1. The molecule has 1 aliphatic heterocycles. The first-order chi connectivity index (χ1) is 9.51. The maximum Gasteiger partial charge on any atom is 0.123 e. The third-order valence-electron chi connectivity index (χ3n) is 4.03. The van der Waals surface area contributed by atoms with Gasteiger partial charge in [-0.2, -0.15) is 0 Å². The highest BCUT2D eigenvalue weighted by molar-refractivity contribution is 5.96. The van der Waals surface area contributed by atoms with E-state index in [9.17, 15) is 4.39 Å². The first kappa shape index (κ1) is 14.9. The lowest BCUT2D eigenvalue weighted by Gasteiger charge is -2.36. The number of ether oxygens (including phenoxy) is 1. The van der Waals surface area contributed by atoms with Gasteiger partial charge in [-0.25, -0.2) is 4.39 Å². The number of methoxy groups -OCH3 is 1. The standard InChI is InChI=1S/C15H22FN3O/c1-10-5-6-19(9-14(10)20-2)8-11-3-4-12(16)7-13(11)15(17)18/h3-4,7,10,14H,5-6,8-9H2,1-2H3,(H3,17,18). The van der Waals surface area contributed by atoms with Gasteiger partial charge in [-0.1, -0.05) is 13.0 Å². The SMILES string of the molecule is COC1CN(Cc2ccc(F)cc2C(=N)N)CCC1C. The molecule has 0 radical (unpaired) electrons. The molecule has 2 atom stereocenters. The maximum absolute atomic E-state index is 13.3. The van der Waals surface area contributed by atoms with Crippen molar-refractivity contribution in [1.82, 2.24) is 4.90 Å². The first-order valence-corrected chi connectivity index (χ1v) is 6.89. The first-order valence-electron chi connectivity index (χ1n) is 6.89. The number of hydrogen-bond donors (Lipinski definition) is 2. The Morgan fingerprint density at radius 1 is 1.55 bits per heavy atom. The molecule has 3 N–H and O–H groups in total. The van der Waals surface area contributed by atoms with Crippen molar-refractivity contribution in [2.75, 3.05) is 20.2 Å². The van der Waals surface area contributed by atoms with Crippen LogP contribution in [-0.4, -0.2) is 37.0 Å². The van der Waals surface area contributed by atoms with Crippen LogP contribution in [0.1, 0.15) is 24.5 Å². The molecule has 0 spiro atoms. The maximum atomic E-state index is 13.3. The molecule has 1 aromatic rings. The molecule has 2 unspecified atom stereocenters. The van der Waals surface area contributed by atoms with Gasteiger partial charge >= 0.3 is 0 Å². The monoisotopic (exact) mass is 279 g/mol. The van der Waals surface area contributed by atoms with Crippen molar-refractivity contribution in [2.24, 2.45) is 11.7 Å². The number of nitrogen functional groups attached to an aromatic ring is 1. The topological polar surface area (TPSA) is 62.3 Å². The van der Waals surface area contributed by atoms with E-state index >= 15 is 0 Å². The molecule has 5 heteroatoms. The summed E-state index contributed by atoms with van der Waals surface area (Å²) in [5.41, 5.74) is 6.91. The average molecular weight is 279 g/mol. The Labute approximate surface area is 119 Å². The number of halogens is 1. The van der Waals surface area contributed by atoms with Gasteiger partial charge in [-0.15, -0.1) is 0 Å². The highest BCUT2D eigenvalue weighted by atomic mass is 19.1. The molecule has 110 valence electrons. The Kier molecular flexibility index (Phi) is 4.73. The zero-order chi connectivity index (χ0) is 14.7. The van der Waals surface area contributed by atoms with Crippen molar-refractivity contribution < 1.29 is 9.13 Å². The molecule has 2 rings (SSSR count). The van der Waals surface area contributed by atoms with Crippen molar-refractivity contribution in [2.45, 2.75) is 26.0 Å². The van der Waals surface area contributed by atoms with E-state index in [4.69, 9.17) is 15.9 Å². The van der Waals surface area contributed by atoms with Crippen LogP contribution < -0.4 is 5.73 Å². The van der Waals surface area contributed by atoms with Crippen LogP contribution in [0.2, 0.25) is 0 Å². The molecule has 0 saturated carbocycles. The van der Waals surface area contributed by atoms with Crippen LogP contribution in [0, 0.1) is 17.1 Å². The van der Waals surface area contributed by atoms with Crippen molar-refractivity contribution in [3.63, 3.8) is 0 Å². The summed E-state index contributed by atoms with van der Waals surface area (Å²) in [5, 5.41) is 7.57. The summed E-state index contributed by atoms with van der Waals surface area (Å²) in [6, 6.07) is 4.46. The van der Waals surface area contributed by atoms with Crippen molar-refractivity contribution in [1.29, 1.82) is 5.41 Å². The van der Waals surface area contributed by atoms with E-state index in [1.807, 2.05) is 0 Å². The lowest BCUT2D eigenvalue weighted by atomic mass is 9.95. The van der Waals surface area contributed by atoms with E-state index in [-0.39, 0.29) is 17.8 Å².